The fourth-order valence-corrected chi connectivity index (χ4v) is 1.13. The number of aryl methyl sites for hydroxylation is 1. The van der Waals surface area contributed by atoms with Crippen molar-refractivity contribution in [2.24, 2.45) is 0 Å². The van der Waals surface area contributed by atoms with Crippen LogP contribution in [0.3, 0.4) is 0 Å². The molecule has 1 heterocycles. The topological polar surface area (TPSA) is 79.5 Å². The molecule has 0 saturated carbocycles. The number of hydrogen-bond acceptors (Lipinski definition) is 5. The first-order chi connectivity index (χ1) is 7.08. The van der Waals surface area contributed by atoms with Gasteiger partial charge >= 0.3 is 5.97 Å². The van der Waals surface area contributed by atoms with Gasteiger partial charge in [0.2, 0.25) is 5.89 Å². The third-order valence-electron chi connectivity index (χ3n) is 1.75. The van der Waals surface area contributed by atoms with Crippen molar-refractivity contribution in [1.82, 2.24) is 15.0 Å². The molecule has 0 aliphatic rings. The fraction of sp³-hybridized carbons (Fsp3) is 0.667. The number of aliphatic carboxylic acids is 1. The zero-order valence-corrected chi connectivity index (χ0v) is 8.93. The van der Waals surface area contributed by atoms with Crippen molar-refractivity contribution in [3.63, 3.8) is 0 Å². The van der Waals surface area contributed by atoms with E-state index in [2.05, 4.69) is 10.1 Å². The van der Waals surface area contributed by atoms with Crippen LogP contribution in [0.25, 0.3) is 0 Å². The standard InChI is InChI=1S/C9H15N3O3/c1-12(2)6-7-10-8(15-11-7)4-3-5-9(13)14/h3-6H2,1-2H3,(H,13,14). The molecule has 0 aliphatic heterocycles. The van der Waals surface area contributed by atoms with Gasteiger partial charge in [-0.1, -0.05) is 5.16 Å². The number of hydrogen-bond donors (Lipinski definition) is 1. The van der Waals surface area contributed by atoms with E-state index in [0.717, 1.165) is 0 Å². The highest BCUT2D eigenvalue weighted by molar-refractivity contribution is 5.66. The van der Waals surface area contributed by atoms with Crippen LogP contribution in [0.2, 0.25) is 0 Å². The third kappa shape index (κ3) is 4.55. The molecule has 1 aromatic rings. The molecule has 0 atom stereocenters. The van der Waals surface area contributed by atoms with E-state index in [4.69, 9.17) is 9.63 Å². The maximum absolute atomic E-state index is 10.3. The molecule has 15 heavy (non-hydrogen) atoms. The maximum atomic E-state index is 10.3. The predicted octanol–water partition coefficient (Wildman–Crippen LogP) is 0.538. The Morgan fingerprint density at radius 1 is 1.53 bits per heavy atom. The minimum absolute atomic E-state index is 0.130. The van der Waals surface area contributed by atoms with Crippen molar-refractivity contribution in [2.45, 2.75) is 25.8 Å². The molecular weight excluding hydrogens is 198 g/mol. The van der Waals surface area contributed by atoms with E-state index in [0.29, 0.717) is 31.1 Å². The zero-order valence-electron chi connectivity index (χ0n) is 8.93. The molecule has 0 unspecified atom stereocenters. The lowest BCUT2D eigenvalue weighted by atomic mass is 10.2. The highest BCUT2D eigenvalue weighted by Gasteiger charge is 2.07. The van der Waals surface area contributed by atoms with Crippen molar-refractivity contribution in [3.05, 3.63) is 11.7 Å². The Morgan fingerprint density at radius 3 is 2.87 bits per heavy atom. The number of carbonyl (C=O) groups is 1. The summed E-state index contributed by atoms with van der Waals surface area (Å²) in [6.45, 7) is 0.627. The van der Waals surface area contributed by atoms with Crippen LogP contribution in [-0.4, -0.2) is 40.2 Å². The van der Waals surface area contributed by atoms with E-state index >= 15 is 0 Å². The largest absolute Gasteiger partial charge is 0.481 e. The Bertz CT molecular complexity index is 322. The summed E-state index contributed by atoms with van der Waals surface area (Å²) >= 11 is 0. The van der Waals surface area contributed by atoms with Gasteiger partial charge in [0.1, 0.15) is 0 Å². The second-order valence-electron chi connectivity index (χ2n) is 3.59. The second kappa shape index (κ2) is 5.45. The SMILES string of the molecule is CN(C)Cc1noc(CCCC(=O)O)n1. The van der Waals surface area contributed by atoms with Crippen LogP contribution < -0.4 is 0 Å². The predicted molar refractivity (Wildman–Crippen MR) is 52.3 cm³/mol. The number of nitrogens with zero attached hydrogens (tertiary/aromatic N) is 3. The maximum Gasteiger partial charge on any atom is 0.303 e. The lowest BCUT2D eigenvalue weighted by Gasteiger charge is -2.03. The molecule has 0 bridgehead atoms. The van der Waals surface area contributed by atoms with Gasteiger partial charge in [0.05, 0.1) is 6.54 Å². The van der Waals surface area contributed by atoms with Crippen molar-refractivity contribution < 1.29 is 14.4 Å². The smallest absolute Gasteiger partial charge is 0.303 e. The molecule has 6 heteroatoms. The average molecular weight is 213 g/mol. The normalized spacial score (nSPS) is 10.9. The summed E-state index contributed by atoms with van der Waals surface area (Å²) in [6, 6.07) is 0. The van der Waals surface area contributed by atoms with E-state index in [1.54, 1.807) is 0 Å². The van der Waals surface area contributed by atoms with Gasteiger partial charge in [0.15, 0.2) is 5.82 Å². The summed E-state index contributed by atoms with van der Waals surface area (Å²) in [4.78, 5) is 16.3. The first kappa shape index (κ1) is 11.6. The van der Waals surface area contributed by atoms with Crippen LogP contribution in [0.15, 0.2) is 4.52 Å². The molecule has 0 saturated heterocycles. The summed E-state index contributed by atoms with van der Waals surface area (Å²) in [5.41, 5.74) is 0. The molecule has 1 rings (SSSR count). The number of aromatic nitrogens is 2. The van der Waals surface area contributed by atoms with Crippen LogP contribution >= 0.6 is 0 Å². The van der Waals surface area contributed by atoms with Crippen LogP contribution in [-0.2, 0) is 17.8 Å². The summed E-state index contributed by atoms with van der Waals surface area (Å²) in [5.74, 6) is 0.335. The molecule has 0 radical (unpaired) electrons. The summed E-state index contributed by atoms with van der Waals surface area (Å²) < 4.78 is 4.97. The van der Waals surface area contributed by atoms with E-state index in [9.17, 15) is 4.79 Å². The van der Waals surface area contributed by atoms with Crippen LogP contribution in [0.4, 0.5) is 0 Å². The minimum Gasteiger partial charge on any atom is -0.481 e. The molecule has 0 spiro atoms. The van der Waals surface area contributed by atoms with E-state index in [1.165, 1.54) is 0 Å². The van der Waals surface area contributed by atoms with Gasteiger partial charge < -0.3 is 14.5 Å². The van der Waals surface area contributed by atoms with Crippen molar-refractivity contribution >= 4 is 5.97 Å². The monoisotopic (exact) mass is 213 g/mol. The van der Waals surface area contributed by atoms with E-state index in [1.807, 2.05) is 19.0 Å². The van der Waals surface area contributed by atoms with Crippen LogP contribution in [0.1, 0.15) is 24.6 Å². The molecule has 0 fully saturated rings. The molecule has 0 amide bonds. The average Bonchev–Trinajstić information content (AvgIpc) is 2.50. The van der Waals surface area contributed by atoms with Gasteiger partial charge in [-0.25, -0.2) is 0 Å². The van der Waals surface area contributed by atoms with Crippen molar-refractivity contribution in [2.75, 3.05) is 14.1 Å². The van der Waals surface area contributed by atoms with Crippen molar-refractivity contribution in [3.8, 4) is 0 Å². The Hall–Kier alpha value is -1.43. The van der Waals surface area contributed by atoms with Crippen LogP contribution in [0.5, 0.6) is 0 Å². The first-order valence-corrected chi connectivity index (χ1v) is 4.76. The summed E-state index contributed by atoms with van der Waals surface area (Å²) in [6.07, 6.45) is 1.18. The quantitative estimate of drug-likeness (QED) is 0.742. The fourth-order valence-electron chi connectivity index (χ4n) is 1.13. The highest BCUT2D eigenvalue weighted by atomic mass is 16.5. The first-order valence-electron chi connectivity index (χ1n) is 4.76. The molecular formula is C9H15N3O3. The third-order valence-corrected chi connectivity index (χ3v) is 1.75. The second-order valence-corrected chi connectivity index (χ2v) is 3.59. The van der Waals surface area contributed by atoms with Gasteiger partial charge in [-0.15, -0.1) is 0 Å². The Labute approximate surface area is 87.9 Å². The van der Waals surface area contributed by atoms with Crippen molar-refractivity contribution in [1.29, 1.82) is 0 Å². The molecule has 0 aromatic carbocycles. The number of carboxylic acid groups (broad SMARTS) is 1. The highest BCUT2D eigenvalue weighted by Crippen LogP contribution is 2.04. The Balaban J connectivity index is 2.36. The number of rotatable bonds is 6. The lowest BCUT2D eigenvalue weighted by Crippen LogP contribution is -2.11. The Kier molecular flexibility index (Phi) is 4.23. The van der Waals surface area contributed by atoms with Gasteiger partial charge in [-0.2, -0.15) is 4.98 Å². The molecule has 1 N–H and O–H groups in total. The molecule has 0 aliphatic carbocycles. The van der Waals surface area contributed by atoms with E-state index in [-0.39, 0.29) is 6.42 Å². The van der Waals surface area contributed by atoms with Gasteiger partial charge in [-0.3, -0.25) is 4.79 Å². The molecule has 6 nitrogen and oxygen atoms in total. The summed E-state index contributed by atoms with van der Waals surface area (Å²) in [5, 5.41) is 12.2. The van der Waals surface area contributed by atoms with Gasteiger partial charge in [-0.05, 0) is 20.5 Å². The van der Waals surface area contributed by atoms with Crippen LogP contribution in [0, 0.1) is 0 Å². The molecule has 1 aromatic heterocycles. The Morgan fingerprint density at radius 2 is 2.27 bits per heavy atom. The summed E-state index contributed by atoms with van der Waals surface area (Å²) in [7, 11) is 3.83. The molecule has 84 valence electrons. The van der Waals surface area contributed by atoms with E-state index < -0.39 is 5.97 Å². The minimum atomic E-state index is -0.803. The zero-order chi connectivity index (χ0) is 11.3. The number of carboxylic acids is 1. The lowest BCUT2D eigenvalue weighted by molar-refractivity contribution is -0.137. The van der Waals surface area contributed by atoms with Gasteiger partial charge in [0.25, 0.3) is 0 Å². The van der Waals surface area contributed by atoms with Gasteiger partial charge in [0, 0.05) is 12.8 Å².